The third-order valence-corrected chi connectivity index (χ3v) is 4.34. The van der Waals surface area contributed by atoms with Crippen LogP contribution in [0.4, 0.5) is 0 Å². The molecule has 0 fully saturated rings. The summed E-state index contributed by atoms with van der Waals surface area (Å²) in [7, 11) is -2.02. The summed E-state index contributed by atoms with van der Waals surface area (Å²) in [5, 5.41) is 0.632. The Kier molecular flexibility index (Phi) is 4.14. The second-order valence-corrected chi connectivity index (χ2v) is 5.91. The molecule has 0 radical (unpaired) electrons. The summed E-state index contributed by atoms with van der Waals surface area (Å²) < 4.78 is 31.8. The Morgan fingerprint density at radius 3 is 2.84 bits per heavy atom. The van der Waals surface area contributed by atoms with E-state index in [9.17, 15) is 8.42 Å². The maximum atomic E-state index is 12.2. The van der Waals surface area contributed by atoms with Gasteiger partial charge in [0.1, 0.15) is 0 Å². The Labute approximate surface area is 112 Å². The number of methoxy groups -OCH3 is 1. The zero-order chi connectivity index (χ0) is 13.9. The zero-order valence-corrected chi connectivity index (χ0v) is 11.7. The van der Waals surface area contributed by atoms with E-state index >= 15 is 0 Å². The van der Waals surface area contributed by atoms with Crippen molar-refractivity contribution in [3.63, 3.8) is 0 Å². The number of nitrogens with one attached hydrogen (secondary N) is 1. The van der Waals surface area contributed by atoms with Gasteiger partial charge in [0.2, 0.25) is 10.0 Å². The molecular weight excluding hydrogens is 264 g/mol. The zero-order valence-electron chi connectivity index (χ0n) is 10.9. The second kappa shape index (κ2) is 5.64. The first-order valence-corrected chi connectivity index (χ1v) is 7.37. The molecule has 102 valence electrons. The number of sulfonamides is 1. The summed E-state index contributed by atoms with van der Waals surface area (Å²) in [5.41, 5.74) is 1.66. The van der Waals surface area contributed by atoms with Crippen LogP contribution in [0.15, 0.2) is 35.4 Å². The highest BCUT2D eigenvalue weighted by atomic mass is 32.2. The van der Waals surface area contributed by atoms with Crippen molar-refractivity contribution in [2.75, 3.05) is 20.3 Å². The summed E-state index contributed by atoms with van der Waals surface area (Å²) in [6.07, 6.45) is 1.66. The lowest BCUT2D eigenvalue weighted by Gasteiger charge is -2.10. The second-order valence-electron chi connectivity index (χ2n) is 4.17. The molecule has 0 aliphatic heterocycles. The van der Waals surface area contributed by atoms with Crippen LogP contribution < -0.4 is 4.72 Å². The van der Waals surface area contributed by atoms with Crippen LogP contribution in [0, 0.1) is 6.92 Å². The number of hydrogen-bond donors (Lipinski definition) is 1. The van der Waals surface area contributed by atoms with Gasteiger partial charge in [0, 0.05) is 25.2 Å². The molecule has 0 saturated heterocycles. The van der Waals surface area contributed by atoms with Crippen molar-refractivity contribution in [3.05, 3.63) is 36.0 Å². The van der Waals surface area contributed by atoms with E-state index < -0.39 is 10.0 Å². The van der Waals surface area contributed by atoms with Gasteiger partial charge in [-0.3, -0.25) is 4.98 Å². The Morgan fingerprint density at radius 1 is 1.32 bits per heavy atom. The predicted molar refractivity (Wildman–Crippen MR) is 73.5 cm³/mol. The van der Waals surface area contributed by atoms with Gasteiger partial charge < -0.3 is 4.74 Å². The molecule has 0 amide bonds. The summed E-state index contributed by atoms with van der Waals surface area (Å²) in [6.45, 7) is 2.49. The van der Waals surface area contributed by atoms with E-state index in [1.54, 1.807) is 30.5 Å². The van der Waals surface area contributed by atoms with Gasteiger partial charge in [-0.2, -0.15) is 0 Å². The third-order valence-electron chi connectivity index (χ3n) is 2.82. The maximum Gasteiger partial charge on any atom is 0.241 e. The topological polar surface area (TPSA) is 68.3 Å². The predicted octanol–water partition coefficient (Wildman–Crippen LogP) is 1.47. The maximum absolute atomic E-state index is 12.2. The fourth-order valence-corrected chi connectivity index (χ4v) is 3.09. The minimum absolute atomic E-state index is 0.245. The molecule has 1 N–H and O–H groups in total. The van der Waals surface area contributed by atoms with Crippen LogP contribution in [0.2, 0.25) is 0 Å². The monoisotopic (exact) mass is 280 g/mol. The van der Waals surface area contributed by atoms with Crippen LogP contribution >= 0.6 is 0 Å². The SMILES string of the molecule is COCCNS(=O)(=O)c1ccc(C)c2ncccc12. The molecule has 1 aromatic heterocycles. The highest BCUT2D eigenvalue weighted by Crippen LogP contribution is 2.23. The van der Waals surface area contributed by atoms with Crippen LogP contribution in [0.1, 0.15) is 5.56 Å². The fraction of sp³-hybridized carbons (Fsp3) is 0.308. The van der Waals surface area contributed by atoms with Gasteiger partial charge in [-0.1, -0.05) is 6.07 Å². The van der Waals surface area contributed by atoms with Crippen molar-refractivity contribution in [2.24, 2.45) is 0 Å². The van der Waals surface area contributed by atoms with E-state index in [0.717, 1.165) is 5.56 Å². The largest absolute Gasteiger partial charge is 0.383 e. The molecule has 0 aliphatic rings. The molecule has 5 nitrogen and oxygen atoms in total. The van der Waals surface area contributed by atoms with Crippen LogP contribution in [0.3, 0.4) is 0 Å². The number of aryl methyl sites for hydroxylation is 1. The normalized spacial score (nSPS) is 11.9. The van der Waals surface area contributed by atoms with Crippen LogP contribution in [0.5, 0.6) is 0 Å². The number of rotatable bonds is 5. The van der Waals surface area contributed by atoms with Crippen molar-refractivity contribution < 1.29 is 13.2 Å². The molecule has 0 bridgehead atoms. The van der Waals surface area contributed by atoms with Gasteiger partial charge in [-0.15, -0.1) is 0 Å². The molecule has 2 aromatic rings. The fourth-order valence-electron chi connectivity index (χ4n) is 1.88. The number of ether oxygens (including phenoxy) is 1. The first-order valence-electron chi connectivity index (χ1n) is 5.89. The van der Waals surface area contributed by atoms with Gasteiger partial charge in [0.05, 0.1) is 17.0 Å². The lowest BCUT2D eigenvalue weighted by atomic mass is 10.1. The number of fused-ring (bicyclic) bond motifs is 1. The molecule has 0 saturated carbocycles. The number of nitrogens with zero attached hydrogens (tertiary/aromatic N) is 1. The van der Waals surface area contributed by atoms with Crippen LogP contribution in [0.25, 0.3) is 10.9 Å². The van der Waals surface area contributed by atoms with E-state index in [2.05, 4.69) is 9.71 Å². The smallest absolute Gasteiger partial charge is 0.241 e. The van der Waals surface area contributed by atoms with Crippen molar-refractivity contribution in [1.82, 2.24) is 9.71 Å². The highest BCUT2D eigenvalue weighted by molar-refractivity contribution is 7.89. The van der Waals surface area contributed by atoms with Gasteiger partial charge in [-0.05, 0) is 30.7 Å². The lowest BCUT2D eigenvalue weighted by molar-refractivity contribution is 0.204. The Bertz CT molecular complexity index is 683. The average molecular weight is 280 g/mol. The Hall–Kier alpha value is -1.50. The molecule has 19 heavy (non-hydrogen) atoms. The summed E-state index contributed by atoms with van der Waals surface area (Å²) in [5.74, 6) is 0. The van der Waals surface area contributed by atoms with Crippen LogP contribution in [-0.2, 0) is 14.8 Å². The molecule has 0 spiro atoms. The van der Waals surface area contributed by atoms with Gasteiger partial charge in [0.15, 0.2) is 0 Å². The van der Waals surface area contributed by atoms with Gasteiger partial charge in [-0.25, -0.2) is 13.1 Å². The number of benzene rings is 1. The number of aromatic nitrogens is 1. The molecule has 2 rings (SSSR count). The van der Waals surface area contributed by atoms with E-state index in [0.29, 0.717) is 17.5 Å². The molecule has 1 aromatic carbocycles. The first-order chi connectivity index (χ1) is 9.06. The lowest BCUT2D eigenvalue weighted by Crippen LogP contribution is -2.27. The Balaban J connectivity index is 2.48. The van der Waals surface area contributed by atoms with E-state index in [-0.39, 0.29) is 11.4 Å². The molecule has 0 atom stereocenters. The van der Waals surface area contributed by atoms with Crippen molar-refractivity contribution in [2.45, 2.75) is 11.8 Å². The minimum atomic E-state index is -3.55. The van der Waals surface area contributed by atoms with Gasteiger partial charge >= 0.3 is 0 Å². The summed E-state index contributed by atoms with van der Waals surface area (Å²) in [6, 6.07) is 6.87. The quantitative estimate of drug-likeness (QED) is 0.842. The molecule has 6 heteroatoms. The minimum Gasteiger partial charge on any atom is -0.383 e. The van der Waals surface area contributed by atoms with Crippen molar-refractivity contribution >= 4 is 20.9 Å². The average Bonchev–Trinajstić information content (AvgIpc) is 2.39. The third kappa shape index (κ3) is 2.91. The van der Waals surface area contributed by atoms with E-state index in [1.807, 2.05) is 6.92 Å². The van der Waals surface area contributed by atoms with Crippen molar-refractivity contribution in [1.29, 1.82) is 0 Å². The number of pyridine rings is 1. The van der Waals surface area contributed by atoms with E-state index in [1.165, 1.54) is 7.11 Å². The number of hydrogen-bond acceptors (Lipinski definition) is 4. The molecule has 1 heterocycles. The summed E-state index contributed by atoms with van der Waals surface area (Å²) in [4.78, 5) is 4.48. The Morgan fingerprint density at radius 2 is 2.11 bits per heavy atom. The molecular formula is C13H16N2O3S. The summed E-state index contributed by atoms with van der Waals surface area (Å²) >= 11 is 0. The first kappa shape index (κ1) is 13.9. The highest BCUT2D eigenvalue weighted by Gasteiger charge is 2.17. The molecule has 0 unspecified atom stereocenters. The standard InChI is InChI=1S/C13H16N2O3S/c1-10-5-6-12(11-4-3-7-14-13(10)11)19(16,17)15-8-9-18-2/h3-7,15H,8-9H2,1-2H3. The molecule has 0 aliphatic carbocycles. The van der Waals surface area contributed by atoms with Crippen LogP contribution in [-0.4, -0.2) is 33.7 Å². The van der Waals surface area contributed by atoms with Crippen molar-refractivity contribution in [3.8, 4) is 0 Å². The van der Waals surface area contributed by atoms with E-state index in [4.69, 9.17) is 4.74 Å². The van der Waals surface area contributed by atoms with Gasteiger partial charge in [0.25, 0.3) is 0 Å².